The summed E-state index contributed by atoms with van der Waals surface area (Å²) in [6.07, 6.45) is 1.24. The van der Waals surface area contributed by atoms with E-state index >= 15 is 0 Å². The van der Waals surface area contributed by atoms with E-state index in [9.17, 15) is 9.18 Å². The Kier molecular flexibility index (Phi) is 6.29. The second kappa shape index (κ2) is 7.48. The van der Waals surface area contributed by atoms with Crippen molar-refractivity contribution in [2.24, 2.45) is 0 Å². The zero-order valence-electron chi connectivity index (χ0n) is 10.6. The van der Waals surface area contributed by atoms with Gasteiger partial charge in [0.25, 0.3) is 0 Å². The third-order valence-corrected chi connectivity index (χ3v) is 2.97. The van der Waals surface area contributed by atoms with Crippen molar-refractivity contribution in [1.82, 2.24) is 0 Å². The van der Waals surface area contributed by atoms with Crippen LogP contribution in [-0.2, 0) is 9.53 Å². The Morgan fingerprint density at radius 1 is 1.44 bits per heavy atom. The molecule has 1 aromatic rings. The molecule has 3 nitrogen and oxygen atoms in total. The fraction of sp³-hybridized carbons (Fsp3) is 0.462. The Bertz CT molecular complexity index is 424. The maximum absolute atomic E-state index is 13.2. The van der Waals surface area contributed by atoms with Crippen LogP contribution in [0.25, 0.3) is 0 Å². The predicted octanol–water partition coefficient (Wildman–Crippen LogP) is 3.65. The summed E-state index contributed by atoms with van der Waals surface area (Å²) in [5.41, 5.74) is 1.31. The monoisotopic (exact) mass is 317 g/mol. The summed E-state index contributed by atoms with van der Waals surface area (Å²) >= 11 is 3.09. The largest absolute Gasteiger partial charge is 0.381 e. The molecule has 1 rings (SSSR count). The smallest absolute Gasteiger partial charge is 0.226 e. The van der Waals surface area contributed by atoms with Crippen LogP contribution < -0.4 is 5.32 Å². The van der Waals surface area contributed by atoms with Gasteiger partial charge in [0.05, 0.1) is 17.5 Å². The standard InChI is InChI=1S/C13H17BrFNO2/c1-3-5-18-6-4-13(17)16-12-8-10(14)11(15)7-9(12)2/h7-8H,3-6H2,1-2H3,(H,16,17). The van der Waals surface area contributed by atoms with E-state index in [0.29, 0.717) is 35.4 Å². The van der Waals surface area contributed by atoms with Crippen LogP contribution in [0.3, 0.4) is 0 Å². The van der Waals surface area contributed by atoms with Gasteiger partial charge in [-0.2, -0.15) is 0 Å². The maximum atomic E-state index is 13.2. The third-order valence-electron chi connectivity index (χ3n) is 2.36. The molecule has 0 aromatic heterocycles. The lowest BCUT2D eigenvalue weighted by molar-refractivity contribution is -0.117. The Hall–Kier alpha value is -0.940. The summed E-state index contributed by atoms with van der Waals surface area (Å²) in [5.74, 6) is -0.468. The van der Waals surface area contributed by atoms with E-state index in [0.717, 1.165) is 6.42 Å². The molecule has 1 aromatic carbocycles. The molecule has 0 aliphatic rings. The molecule has 0 radical (unpaired) electrons. The van der Waals surface area contributed by atoms with Crippen molar-refractivity contribution in [1.29, 1.82) is 0 Å². The molecule has 0 atom stereocenters. The molecule has 0 heterocycles. The zero-order chi connectivity index (χ0) is 13.5. The van der Waals surface area contributed by atoms with Crippen molar-refractivity contribution >= 4 is 27.5 Å². The SMILES string of the molecule is CCCOCCC(=O)Nc1cc(Br)c(F)cc1C. The second-order valence-corrected chi connectivity index (χ2v) is 4.85. The summed E-state index contributed by atoms with van der Waals surface area (Å²) in [6, 6.07) is 2.95. The molecule has 0 bridgehead atoms. The summed E-state index contributed by atoms with van der Waals surface area (Å²) in [7, 11) is 0. The molecule has 100 valence electrons. The van der Waals surface area contributed by atoms with Gasteiger partial charge in [-0.15, -0.1) is 0 Å². The average molecular weight is 318 g/mol. The molecule has 0 fully saturated rings. The Balaban J connectivity index is 2.51. The van der Waals surface area contributed by atoms with E-state index < -0.39 is 0 Å². The van der Waals surface area contributed by atoms with Crippen molar-refractivity contribution < 1.29 is 13.9 Å². The second-order valence-electron chi connectivity index (χ2n) is 3.99. The third kappa shape index (κ3) is 4.74. The lowest BCUT2D eigenvalue weighted by Gasteiger charge is -2.09. The molecule has 1 amide bonds. The van der Waals surface area contributed by atoms with Crippen LogP contribution >= 0.6 is 15.9 Å². The van der Waals surface area contributed by atoms with Crippen LogP contribution in [-0.4, -0.2) is 19.1 Å². The first-order valence-corrected chi connectivity index (χ1v) is 6.67. The molecule has 18 heavy (non-hydrogen) atoms. The number of amides is 1. The molecule has 0 spiro atoms. The highest BCUT2D eigenvalue weighted by atomic mass is 79.9. The number of anilines is 1. The van der Waals surface area contributed by atoms with Gasteiger partial charge in [0, 0.05) is 12.3 Å². The van der Waals surface area contributed by atoms with Gasteiger partial charge in [0.2, 0.25) is 5.91 Å². The molecule has 0 saturated carbocycles. The predicted molar refractivity (Wildman–Crippen MR) is 73.2 cm³/mol. The number of aryl methyl sites for hydroxylation is 1. The van der Waals surface area contributed by atoms with Gasteiger partial charge in [0.1, 0.15) is 5.82 Å². The van der Waals surface area contributed by atoms with Gasteiger partial charge in [0.15, 0.2) is 0 Å². The number of hydrogen-bond donors (Lipinski definition) is 1. The van der Waals surface area contributed by atoms with Crippen LogP contribution in [0, 0.1) is 12.7 Å². The lowest BCUT2D eigenvalue weighted by atomic mass is 10.2. The van der Waals surface area contributed by atoms with E-state index in [4.69, 9.17) is 4.74 Å². The highest BCUT2D eigenvalue weighted by molar-refractivity contribution is 9.10. The number of carbonyl (C=O) groups is 1. The van der Waals surface area contributed by atoms with Crippen LogP contribution in [0.5, 0.6) is 0 Å². The van der Waals surface area contributed by atoms with Crippen molar-refractivity contribution in [3.8, 4) is 0 Å². The van der Waals surface area contributed by atoms with Gasteiger partial charge in [-0.05, 0) is 47.0 Å². The first-order valence-electron chi connectivity index (χ1n) is 5.87. The lowest BCUT2D eigenvalue weighted by Crippen LogP contribution is -2.15. The minimum Gasteiger partial charge on any atom is -0.381 e. The topological polar surface area (TPSA) is 38.3 Å². The summed E-state index contributed by atoms with van der Waals surface area (Å²) in [5, 5.41) is 2.74. The van der Waals surface area contributed by atoms with E-state index in [2.05, 4.69) is 21.2 Å². The van der Waals surface area contributed by atoms with Crippen LogP contribution in [0.15, 0.2) is 16.6 Å². The molecule has 0 unspecified atom stereocenters. The summed E-state index contributed by atoms with van der Waals surface area (Å²) in [4.78, 5) is 11.6. The van der Waals surface area contributed by atoms with Crippen molar-refractivity contribution in [2.45, 2.75) is 26.7 Å². The van der Waals surface area contributed by atoms with Gasteiger partial charge in [-0.1, -0.05) is 6.92 Å². The van der Waals surface area contributed by atoms with E-state index in [1.807, 2.05) is 6.92 Å². The molecule has 1 N–H and O–H groups in total. The highest BCUT2D eigenvalue weighted by Gasteiger charge is 2.08. The minimum absolute atomic E-state index is 0.132. The quantitative estimate of drug-likeness (QED) is 0.813. The van der Waals surface area contributed by atoms with Crippen LogP contribution in [0.2, 0.25) is 0 Å². The van der Waals surface area contributed by atoms with Gasteiger partial charge < -0.3 is 10.1 Å². The molecule has 0 saturated heterocycles. The van der Waals surface area contributed by atoms with Gasteiger partial charge in [-0.3, -0.25) is 4.79 Å². The van der Waals surface area contributed by atoms with E-state index in [-0.39, 0.29) is 11.7 Å². The highest BCUT2D eigenvalue weighted by Crippen LogP contribution is 2.24. The molecular formula is C13H17BrFNO2. The van der Waals surface area contributed by atoms with Gasteiger partial charge in [-0.25, -0.2) is 4.39 Å². The number of hydrogen-bond acceptors (Lipinski definition) is 2. The normalized spacial score (nSPS) is 10.4. The van der Waals surface area contributed by atoms with Crippen molar-refractivity contribution in [3.63, 3.8) is 0 Å². The molecule has 5 heteroatoms. The van der Waals surface area contributed by atoms with Crippen LogP contribution in [0.4, 0.5) is 10.1 Å². The summed E-state index contributed by atoms with van der Waals surface area (Å²) < 4.78 is 18.8. The number of rotatable bonds is 6. The maximum Gasteiger partial charge on any atom is 0.226 e. The Morgan fingerprint density at radius 3 is 2.83 bits per heavy atom. The first kappa shape index (κ1) is 15.1. The Labute approximate surface area is 115 Å². The molecular weight excluding hydrogens is 301 g/mol. The van der Waals surface area contributed by atoms with Gasteiger partial charge >= 0.3 is 0 Å². The van der Waals surface area contributed by atoms with Crippen molar-refractivity contribution in [2.75, 3.05) is 18.5 Å². The van der Waals surface area contributed by atoms with E-state index in [1.165, 1.54) is 6.07 Å². The molecule has 0 aliphatic heterocycles. The summed E-state index contributed by atoms with van der Waals surface area (Å²) in [6.45, 7) is 4.83. The van der Waals surface area contributed by atoms with Crippen LogP contribution in [0.1, 0.15) is 25.3 Å². The van der Waals surface area contributed by atoms with Crippen molar-refractivity contribution in [3.05, 3.63) is 28.0 Å². The number of ether oxygens (including phenoxy) is 1. The Morgan fingerprint density at radius 2 is 2.17 bits per heavy atom. The number of nitrogens with one attached hydrogen (secondary N) is 1. The zero-order valence-corrected chi connectivity index (χ0v) is 12.1. The molecule has 0 aliphatic carbocycles. The number of carbonyl (C=O) groups excluding carboxylic acids is 1. The first-order chi connectivity index (χ1) is 8.54. The fourth-order valence-corrected chi connectivity index (χ4v) is 1.75. The fourth-order valence-electron chi connectivity index (χ4n) is 1.40. The minimum atomic E-state index is -0.336. The number of benzene rings is 1. The number of halogens is 2. The van der Waals surface area contributed by atoms with E-state index in [1.54, 1.807) is 13.0 Å². The average Bonchev–Trinajstić information content (AvgIpc) is 2.32.